The number of cyclic esters (lactones) is 1. The molecule has 1 aliphatic heterocycles. The number of hydrogen-bond donors (Lipinski definition) is 0. The number of likely N-dealkylation sites (N-methyl/N-ethyl adjacent to an activating group) is 1. The van der Waals surface area contributed by atoms with Crippen LogP contribution in [0.4, 0.5) is 4.79 Å². The van der Waals surface area contributed by atoms with Gasteiger partial charge in [-0.05, 0) is 13.8 Å². The fourth-order valence-electron chi connectivity index (χ4n) is 1.96. The lowest BCUT2D eigenvalue weighted by atomic mass is 10.1. The third-order valence-electron chi connectivity index (χ3n) is 2.79. The lowest BCUT2D eigenvalue weighted by Crippen LogP contribution is -2.31. The molecule has 0 aromatic carbocycles. The molecule has 15 heavy (non-hydrogen) atoms. The van der Waals surface area contributed by atoms with E-state index in [2.05, 4.69) is 5.10 Å². The lowest BCUT2D eigenvalue weighted by molar-refractivity contribution is 0.131. The Bertz CT molecular complexity index is 374. The van der Waals surface area contributed by atoms with Gasteiger partial charge in [0.25, 0.3) is 0 Å². The Balaban J connectivity index is 2.22. The highest BCUT2D eigenvalue weighted by Crippen LogP contribution is 2.31. The van der Waals surface area contributed by atoms with Crippen molar-refractivity contribution < 1.29 is 9.53 Å². The van der Waals surface area contributed by atoms with Crippen LogP contribution in [0.25, 0.3) is 0 Å². The minimum Gasteiger partial charge on any atom is -0.439 e. The van der Waals surface area contributed by atoms with Crippen LogP contribution in [0.2, 0.25) is 0 Å². The Kier molecular flexibility index (Phi) is 2.38. The molecule has 5 heteroatoms. The Morgan fingerprint density at radius 2 is 2.33 bits per heavy atom. The molecular weight excluding hydrogens is 194 g/mol. The molecule has 2 rings (SSSR count). The first-order valence-corrected chi connectivity index (χ1v) is 5.09. The van der Waals surface area contributed by atoms with Crippen molar-refractivity contribution in [2.24, 2.45) is 7.05 Å². The number of carbonyl (C=O) groups is 1. The van der Waals surface area contributed by atoms with Crippen molar-refractivity contribution in [1.82, 2.24) is 14.7 Å². The molecular formula is C10H15N3O2. The van der Waals surface area contributed by atoms with Gasteiger partial charge in [-0.2, -0.15) is 5.10 Å². The molecule has 82 valence electrons. The largest absolute Gasteiger partial charge is 0.439 e. The maximum absolute atomic E-state index is 11.5. The second-order valence-electron chi connectivity index (χ2n) is 3.78. The van der Waals surface area contributed by atoms with E-state index < -0.39 is 0 Å². The first-order valence-electron chi connectivity index (χ1n) is 5.09. The predicted molar refractivity (Wildman–Crippen MR) is 54.3 cm³/mol. The van der Waals surface area contributed by atoms with E-state index in [-0.39, 0.29) is 18.2 Å². The number of aromatic nitrogens is 2. The summed E-state index contributed by atoms with van der Waals surface area (Å²) in [7, 11) is 1.85. The van der Waals surface area contributed by atoms with Crippen LogP contribution in [0.5, 0.6) is 0 Å². The van der Waals surface area contributed by atoms with Gasteiger partial charge in [-0.3, -0.25) is 4.68 Å². The number of hydrogen-bond acceptors (Lipinski definition) is 3. The van der Waals surface area contributed by atoms with Crippen LogP contribution in [-0.4, -0.2) is 33.4 Å². The summed E-state index contributed by atoms with van der Waals surface area (Å²) in [6.07, 6.45) is 3.20. The molecule has 1 saturated heterocycles. The van der Waals surface area contributed by atoms with Crippen LogP contribution in [0, 0.1) is 0 Å². The third kappa shape index (κ3) is 1.58. The summed E-state index contributed by atoms with van der Waals surface area (Å²) in [5, 5.41) is 4.08. The molecule has 2 atom stereocenters. The van der Waals surface area contributed by atoms with E-state index in [9.17, 15) is 4.79 Å². The summed E-state index contributed by atoms with van der Waals surface area (Å²) in [6.45, 7) is 4.62. The van der Waals surface area contributed by atoms with Crippen molar-refractivity contribution in [1.29, 1.82) is 0 Å². The smallest absolute Gasteiger partial charge is 0.410 e. The summed E-state index contributed by atoms with van der Waals surface area (Å²) in [5.41, 5.74) is 0.953. The average molecular weight is 209 g/mol. The maximum Gasteiger partial charge on any atom is 0.410 e. The molecule has 0 spiro atoms. The molecule has 1 aliphatic rings. The normalized spacial score (nSPS) is 25.8. The summed E-state index contributed by atoms with van der Waals surface area (Å²) in [5.74, 6) is 0. The van der Waals surface area contributed by atoms with Gasteiger partial charge in [-0.15, -0.1) is 0 Å². The monoisotopic (exact) mass is 209 g/mol. The van der Waals surface area contributed by atoms with Crippen LogP contribution in [0.15, 0.2) is 12.4 Å². The summed E-state index contributed by atoms with van der Waals surface area (Å²) >= 11 is 0. The highest BCUT2D eigenvalue weighted by atomic mass is 16.6. The van der Waals surface area contributed by atoms with E-state index >= 15 is 0 Å². The average Bonchev–Trinajstić information content (AvgIpc) is 2.71. The summed E-state index contributed by atoms with van der Waals surface area (Å²) in [6, 6.07) is 0.0756. The van der Waals surface area contributed by atoms with E-state index in [1.807, 2.05) is 27.1 Å². The zero-order valence-electron chi connectivity index (χ0n) is 9.17. The number of ether oxygens (including phenoxy) is 1. The van der Waals surface area contributed by atoms with Crippen molar-refractivity contribution in [3.05, 3.63) is 18.0 Å². The van der Waals surface area contributed by atoms with Crippen LogP contribution < -0.4 is 0 Å². The summed E-state index contributed by atoms with van der Waals surface area (Å²) in [4.78, 5) is 13.2. The van der Waals surface area contributed by atoms with Gasteiger partial charge in [0.2, 0.25) is 0 Å². The molecule has 0 bridgehead atoms. The predicted octanol–water partition coefficient (Wildman–Crippen LogP) is 1.32. The van der Waals surface area contributed by atoms with Gasteiger partial charge in [0, 0.05) is 25.4 Å². The fraction of sp³-hybridized carbons (Fsp3) is 0.600. The Morgan fingerprint density at radius 1 is 1.60 bits per heavy atom. The number of amides is 1. The molecule has 1 aromatic heterocycles. The van der Waals surface area contributed by atoms with E-state index in [4.69, 9.17) is 4.74 Å². The number of nitrogens with zero attached hydrogens (tertiary/aromatic N) is 3. The van der Waals surface area contributed by atoms with Crippen molar-refractivity contribution in [2.75, 3.05) is 6.54 Å². The van der Waals surface area contributed by atoms with Crippen LogP contribution in [0.3, 0.4) is 0 Å². The van der Waals surface area contributed by atoms with Crippen molar-refractivity contribution in [3.8, 4) is 0 Å². The quantitative estimate of drug-likeness (QED) is 0.738. The first-order chi connectivity index (χ1) is 7.13. The van der Waals surface area contributed by atoms with Crippen molar-refractivity contribution >= 4 is 6.09 Å². The molecule has 2 heterocycles. The fourth-order valence-corrected chi connectivity index (χ4v) is 1.96. The van der Waals surface area contributed by atoms with Gasteiger partial charge in [0.05, 0.1) is 12.2 Å². The zero-order valence-corrected chi connectivity index (χ0v) is 9.17. The molecule has 1 aromatic rings. The topological polar surface area (TPSA) is 47.4 Å². The highest BCUT2D eigenvalue weighted by molar-refractivity contribution is 5.70. The molecule has 0 unspecified atom stereocenters. The lowest BCUT2D eigenvalue weighted by Gasteiger charge is -2.17. The SMILES string of the molecule is CCN1C(=O)O[C@H](c2cnn(C)c2)[C@@H]1C. The van der Waals surface area contributed by atoms with Crippen molar-refractivity contribution in [3.63, 3.8) is 0 Å². The Morgan fingerprint density at radius 3 is 2.80 bits per heavy atom. The van der Waals surface area contributed by atoms with Gasteiger partial charge in [0.15, 0.2) is 6.10 Å². The van der Waals surface area contributed by atoms with Gasteiger partial charge in [-0.25, -0.2) is 4.79 Å². The highest BCUT2D eigenvalue weighted by Gasteiger charge is 2.39. The first kappa shape index (κ1) is 10.0. The van der Waals surface area contributed by atoms with Crippen LogP contribution in [0.1, 0.15) is 25.5 Å². The molecule has 0 saturated carbocycles. The minimum atomic E-state index is -0.237. The third-order valence-corrected chi connectivity index (χ3v) is 2.79. The number of carbonyl (C=O) groups excluding carboxylic acids is 1. The summed E-state index contributed by atoms with van der Waals surface area (Å²) < 4.78 is 7.02. The van der Waals surface area contributed by atoms with E-state index in [0.717, 1.165) is 5.56 Å². The van der Waals surface area contributed by atoms with Crippen LogP contribution in [-0.2, 0) is 11.8 Å². The van der Waals surface area contributed by atoms with Crippen molar-refractivity contribution in [2.45, 2.75) is 26.0 Å². The van der Waals surface area contributed by atoms with E-state index in [1.54, 1.807) is 15.8 Å². The number of rotatable bonds is 2. The second-order valence-corrected chi connectivity index (χ2v) is 3.78. The van der Waals surface area contributed by atoms with E-state index in [1.165, 1.54) is 0 Å². The molecule has 0 radical (unpaired) electrons. The maximum atomic E-state index is 11.5. The van der Waals surface area contributed by atoms with E-state index in [0.29, 0.717) is 6.54 Å². The standard InChI is InChI=1S/C10H15N3O2/c1-4-13-7(2)9(15-10(13)14)8-5-11-12(3)6-8/h5-7,9H,4H2,1-3H3/t7-,9-/m0/s1. The Hall–Kier alpha value is -1.52. The van der Waals surface area contributed by atoms with Gasteiger partial charge in [-0.1, -0.05) is 0 Å². The van der Waals surface area contributed by atoms with Gasteiger partial charge >= 0.3 is 6.09 Å². The molecule has 0 aliphatic carbocycles. The van der Waals surface area contributed by atoms with Gasteiger partial charge in [0.1, 0.15) is 0 Å². The molecule has 1 fully saturated rings. The second kappa shape index (κ2) is 3.56. The molecule has 5 nitrogen and oxygen atoms in total. The molecule has 1 amide bonds. The minimum absolute atomic E-state index is 0.0756. The number of aryl methyl sites for hydroxylation is 1. The van der Waals surface area contributed by atoms with Gasteiger partial charge < -0.3 is 9.64 Å². The zero-order chi connectivity index (χ0) is 11.0. The van der Waals surface area contributed by atoms with Crippen LogP contribution >= 0.6 is 0 Å². The molecule has 0 N–H and O–H groups in total. The Labute approximate surface area is 88.6 Å².